The quantitative estimate of drug-likeness (QED) is 0.142. The zero-order valence-electron chi connectivity index (χ0n) is 35.9. The van der Waals surface area contributed by atoms with Crippen LogP contribution < -0.4 is 20.1 Å². The van der Waals surface area contributed by atoms with Crippen molar-refractivity contribution >= 4 is 44.7 Å². The molecule has 3 N–H and O–H groups in total. The second kappa shape index (κ2) is 16.4. The summed E-state index contributed by atoms with van der Waals surface area (Å²) < 4.78 is 41.2. The van der Waals surface area contributed by atoms with Crippen molar-refractivity contribution < 1.29 is 37.1 Å². The van der Waals surface area contributed by atoms with Crippen LogP contribution in [-0.4, -0.2) is 87.7 Å². The van der Waals surface area contributed by atoms with Gasteiger partial charge in [0.15, 0.2) is 5.82 Å². The van der Waals surface area contributed by atoms with Crippen LogP contribution in [-0.2, 0) is 35.6 Å². The SMILES string of the molecule is CCC1CC1(NC(=O)[C@@H]1C[C@@H](Oc2nc(-c3ccccc3)nc3ccccc23)CN1C(=O)C(NC(=O)OC(C)(C)C)C(C)(C)C)C(=O)NS(=O)(=O)C1(Cc2ccccc2)CC1. The second-order valence-corrected chi connectivity index (χ2v) is 20.8. The molecule has 2 saturated carbocycles. The Morgan fingerprint density at radius 1 is 0.885 bits per heavy atom. The Kier molecular flexibility index (Phi) is 11.7. The summed E-state index contributed by atoms with van der Waals surface area (Å²) >= 11 is 0. The molecule has 0 spiro atoms. The lowest BCUT2D eigenvalue weighted by atomic mass is 9.85. The van der Waals surface area contributed by atoms with Gasteiger partial charge in [0.25, 0.3) is 5.91 Å². The summed E-state index contributed by atoms with van der Waals surface area (Å²) in [4.78, 5) is 67.7. The fraction of sp³-hybridized carbons (Fsp3) is 0.478. The monoisotopic (exact) mass is 852 g/mol. The van der Waals surface area contributed by atoms with Crippen molar-refractivity contribution in [2.45, 2.75) is 121 Å². The first kappa shape index (κ1) is 43.5. The zero-order chi connectivity index (χ0) is 44.0. The highest BCUT2D eigenvalue weighted by Gasteiger charge is 2.64. The van der Waals surface area contributed by atoms with Crippen LogP contribution in [0.3, 0.4) is 0 Å². The molecule has 15 heteroatoms. The van der Waals surface area contributed by atoms with Crippen molar-refractivity contribution in [2.24, 2.45) is 11.3 Å². The molecule has 324 valence electrons. The number of rotatable bonds is 13. The smallest absolute Gasteiger partial charge is 0.408 e. The van der Waals surface area contributed by atoms with Crippen molar-refractivity contribution in [2.75, 3.05) is 6.54 Å². The highest BCUT2D eigenvalue weighted by molar-refractivity contribution is 7.91. The average molecular weight is 853 g/mol. The fourth-order valence-electron chi connectivity index (χ4n) is 8.21. The summed E-state index contributed by atoms with van der Waals surface area (Å²) in [5, 5.41) is 6.31. The van der Waals surface area contributed by atoms with E-state index in [-0.39, 0.29) is 37.6 Å². The largest absolute Gasteiger partial charge is 0.472 e. The van der Waals surface area contributed by atoms with Crippen LogP contribution in [0.4, 0.5) is 4.79 Å². The molecule has 61 heavy (non-hydrogen) atoms. The molecule has 5 atom stereocenters. The van der Waals surface area contributed by atoms with E-state index in [1.165, 1.54) is 4.90 Å². The van der Waals surface area contributed by atoms with Crippen molar-refractivity contribution in [3.05, 3.63) is 90.5 Å². The van der Waals surface area contributed by atoms with E-state index in [0.29, 0.717) is 36.0 Å². The number of alkyl carbamates (subject to hydrolysis) is 1. The summed E-state index contributed by atoms with van der Waals surface area (Å²) in [5.41, 5.74) is -0.928. The van der Waals surface area contributed by atoms with Gasteiger partial charge < -0.3 is 25.0 Å². The van der Waals surface area contributed by atoms with E-state index in [0.717, 1.165) is 11.1 Å². The number of ether oxygens (including phenoxy) is 2. The predicted molar refractivity (Wildman–Crippen MR) is 231 cm³/mol. The molecule has 14 nitrogen and oxygen atoms in total. The number of hydrogen-bond acceptors (Lipinski definition) is 10. The third-order valence-electron chi connectivity index (χ3n) is 11.8. The fourth-order valence-corrected chi connectivity index (χ4v) is 9.85. The Morgan fingerprint density at radius 3 is 2.13 bits per heavy atom. The number of hydrogen-bond donors (Lipinski definition) is 3. The number of fused-ring (bicyclic) bond motifs is 1. The Bertz CT molecular complexity index is 2410. The van der Waals surface area contributed by atoms with Gasteiger partial charge in [-0.3, -0.25) is 19.1 Å². The molecule has 4 amide bonds. The lowest BCUT2D eigenvalue weighted by molar-refractivity contribution is -0.143. The summed E-state index contributed by atoms with van der Waals surface area (Å²) in [7, 11) is -4.14. The number of para-hydroxylation sites is 1. The third kappa shape index (κ3) is 9.36. The minimum Gasteiger partial charge on any atom is -0.472 e. The van der Waals surface area contributed by atoms with Gasteiger partial charge in [-0.25, -0.2) is 18.2 Å². The maximum absolute atomic E-state index is 14.8. The van der Waals surface area contributed by atoms with Gasteiger partial charge >= 0.3 is 6.09 Å². The van der Waals surface area contributed by atoms with Crippen LogP contribution in [0.15, 0.2) is 84.9 Å². The lowest BCUT2D eigenvalue weighted by Crippen LogP contribution is -2.60. The van der Waals surface area contributed by atoms with E-state index >= 15 is 0 Å². The van der Waals surface area contributed by atoms with Crippen LogP contribution in [0.2, 0.25) is 0 Å². The molecule has 0 bridgehead atoms. The molecule has 0 radical (unpaired) electrons. The highest BCUT2D eigenvalue weighted by Crippen LogP contribution is 2.49. The Labute approximate surface area is 357 Å². The van der Waals surface area contributed by atoms with Gasteiger partial charge in [-0.15, -0.1) is 0 Å². The summed E-state index contributed by atoms with van der Waals surface area (Å²) in [6, 6.07) is 23.8. The molecule has 3 aromatic carbocycles. The Hall–Kier alpha value is -5.57. The molecule has 4 aromatic rings. The number of sulfonamides is 1. The molecule has 3 fully saturated rings. The minimum atomic E-state index is -4.14. The second-order valence-electron chi connectivity index (χ2n) is 18.7. The minimum absolute atomic E-state index is 0.00680. The first-order chi connectivity index (χ1) is 28.7. The molecule has 7 rings (SSSR count). The van der Waals surface area contributed by atoms with E-state index in [4.69, 9.17) is 19.4 Å². The van der Waals surface area contributed by atoms with E-state index in [1.807, 2.05) is 91.9 Å². The van der Waals surface area contributed by atoms with Gasteiger partial charge in [-0.1, -0.05) is 107 Å². The predicted octanol–water partition coefficient (Wildman–Crippen LogP) is 6.09. The van der Waals surface area contributed by atoms with E-state index in [1.54, 1.807) is 41.5 Å². The normalized spacial score (nSPS) is 22.5. The van der Waals surface area contributed by atoms with Gasteiger partial charge in [0.1, 0.15) is 29.3 Å². The number of amides is 4. The summed E-state index contributed by atoms with van der Waals surface area (Å²) in [6.45, 7) is 12.4. The van der Waals surface area contributed by atoms with Crippen LogP contribution in [0.25, 0.3) is 22.3 Å². The molecular weight excluding hydrogens is 797 g/mol. The molecule has 2 heterocycles. The first-order valence-corrected chi connectivity index (χ1v) is 22.4. The van der Waals surface area contributed by atoms with Crippen LogP contribution in [0, 0.1) is 11.3 Å². The van der Waals surface area contributed by atoms with E-state index in [9.17, 15) is 27.6 Å². The van der Waals surface area contributed by atoms with Gasteiger partial charge in [0.05, 0.1) is 22.2 Å². The molecule has 2 aliphatic carbocycles. The first-order valence-electron chi connectivity index (χ1n) is 21.0. The number of aromatic nitrogens is 2. The lowest BCUT2D eigenvalue weighted by Gasteiger charge is -2.36. The van der Waals surface area contributed by atoms with E-state index < -0.39 is 73.3 Å². The van der Waals surface area contributed by atoms with Crippen LogP contribution in [0.5, 0.6) is 5.88 Å². The zero-order valence-corrected chi connectivity index (χ0v) is 36.7. The van der Waals surface area contributed by atoms with Crippen LogP contribution in [0.1, 0.15) is 86.1 Å². The molecule has 1 saturated heterocycles. The molecule has 3 aliphatic rings. The van der Waals surface area contributed by atoms with E-state index in [2.05, 4.69) is 15.4 Å². The van der Waals surface area contributed by atoms with Crippen molar-refractivity contribution in [3.8, 4) is 17.3 Å². The Morgan fingerprint density at radius 2 is 1.52 bits per heavy atom. The Balaban J connectivity index is 1.18. The summed E-state index contributed by atoms with van der Waals surface area (Å²) in [5.74, 6) is -1.63. The number of nitrogens with one attached hydrogen (secondary N) is 3. The average Bonchev–Trinajstić information content (AvgIpc) is 4.11. The molecule has 1 aliphatic heterocycles. The number of benzene rings is 3. The number of nitrogens with zero attached hydrogens (tertiary/aromatic N) is 3. The number of carbonyl (C=O) groups is 4. The number of carbonyl (C=O) groups excluding carboxylic acids is 4. The number of likely N-dealkylation sites (tertiary alicyclic amines) is 1. The van der Waals surface area contributed by atoms with Gasteiger partial charge in [-0.2, -0.15) is 4.98 Å². The highest BCUT2D eigenvalue weighted by atomic mass is 32.2. The van der Waals surface area contributed by atoms with Crippen molar-refractivity contribution in [1.29, 1.82) is 0 Å². The van der Waals surface area contributed by atoms with Crippen LogP contribution >= 0.6 is 0 Å². The van der Waals surface area contributed by atoms with Gasteiger partial charge in [0.2, 0.25) is 27.7 Å². The molecule has 1 aromatic heterocycles. The van der Waals surface area contributed by atoms with Gasteiger partial charge in [-0.05, 0) is 75.5 Å². The molecule has 3 unspecified atom stereocenters. The summed E-state index contributed by atoms with van der Waals surface area (Å²) in [6.07, 6.45) is 0.242. The standard InChI is InChI=1S/C46H56N6O8S/c1-8-31-27-46(31,41(55)51-61(57,58)45(23-24-45)26-29-17-11-9-12-18-29)50-38(53)35-25-32(28-52(35)40(54)36(43(2,3)4)48-42(56)60-44(5,6)7)59-39-33-21-15-16-22-34(33)47-37(49-39)30-19-13-10-14-20-30/h9-22,31-32,35-36H,8,23-28H2,1-7H3,(H,48,56)(H,50,53)(H,51,55)/t31?,32-,35+,36?,46?/m1/s1. The maximum atomic E-state index is 14.8. The maximum Gasteiger partial charge on any atom is 0.408 e. The van der Waals surface area contributed by atoms with Crippen molar-refractivity contribution in [3.63, 3.8) is 0 Å². The van der Waals surface area contributed by atoms with Crippen molar-refractivity contribution in [1.82, 2.24) is 30.2 Å². The third-order valence-corrected chi connectivity index (χ3v) is 14.0. The van der Waals surface area contributed by atoms with Gasteiger partial charge in [0, 0.05) is 12.0 Å². The molecular formula is C46H56N6O8S. The topological polar surface area (TPSA) is 186 Å².